The van der Waals surface area contributed by atoms with Gasteiger partial charge >= 0.3 is 0 Å². The molecule has 3 heterocycles. The van der Waals surface area contributed by atoms with E-state index in [-0.39, 0.29) is 17.4 Å². The second-order valence-corrected chi connectivity index (χ2v) is 5.17. The molecule has 0 aliphatic carbocycles. The summed E-state index contributed by atoms with van der Waals surface area (Å²) in [5.74, 6) is 0.745. The highest BCUT2D eigenvalue weighted by atomic mass is 16.7. The first-order valence-corrected chi connectivity index (χ1v) is 6.10. The molecule has 0 radical (unpaired) electrons. The van der Waals surface area contributed by atoms with E-state index in [1.54, 1.807) is 18.0 Å². The van der Waals surface area contributed by atoms with E-state index in [0.29, 0.717) is 6.54 Å². The van der Waals surface area contributed by atoms with Gasteiger partial charge in [0.15, 0.2) is 6.29 Å². The molecule has 3 unspecified atom stereocenters. The van der Waals surface area contributed by atoms with Crippen LogP contribution in [0, 0.1) is 5.41 Å². The average Bonchev–Trinajstić information content (AvgIpc) is 2.95. The molecule has 0 saturated carbocycles. The summed E-state index contributed by atoms with van der Waals surface area (Å²) in [4.78, 5) is 17.5. The van der Waals surface area contributed by atoms with E-state index in [0.717, 1.165) is 17.8 Å². The molecule has 18 heavy (non-hydrogen) atoms. The lowest BCUT2D eigenvalue weighted by molar-refractivity contribution is -0.124. The molecule has 5 heteroatoms. The number of amides is 1. The van der Waals surface area contributed by atoms with Crippen LogP contribution in [0.4, 0.5) is 0 Å². The number of epoxide rings is 1. The fraction of sp³-hybridized carbons (Fsp3) is 0.538. The highest BCUT2D eigenvalue weighted by Gasteiger charge is 2.50. The van der Waals surface area contributed by atoms with Crippen molar-refractivity contribution in [1.29, 1.82) is 0 Å². The highest BCUT2D eigenvalue weighted by Crippen LogP contribution is 2.42. The molecule has 0 aromatic rings. The van der Waals surface area contributed by atoms with Crippen molar-refractivity contribution in [1.82, 2.24) is 4.90 Å². The molecular weight excluding hydrogens is 232 g/mol. The molecule has 96 valence electrons. The van der Waals surface area contributed by atoms with Crippen LogP contribution in [0.3, 0.4) is 0 Å². The summed E-state index contributed by atoms with van der Waals surface area (Å²) in [5, 5.41) is 9.43. The van der Waals surface area contributed by atoms with Crippen LogP contribution in [0.25, 0.3) is 0 Å². The normalized spacial score (nSPS) is 37.8. The molecule has 3 aliphatic heterocycles. The summed E-state index contributed by atoms with van der Waals surface area (Å²) in [7, 11) is 0. The SMILES string of the molecule is CC(=O)N1CCC2=CC(C)(C3OC3O)C=CN=C21. The Morgan fingerprint density at radius 1 is 1.67 bits per heavy atom. The third-order valence-corrected chi connectivity index (χ3v) is 3.72. The summed E-state index contributed by atoms with van der Waals surface area (Å²) in [5.41, 5.74) is 0.702. The molecule has 0 bridgehead atoms. The van der Waals surface area contributed by atoms with Gasteiger partial charge in [0, 0.05) is 25.1 Å². The number of ether oxygens (including phenoxy) is 1. The largest absolute Gasteiger partial charge is 0.366 e. The molecule has 5 nitrogen and oxygen atoms in total. The zero-order valence-electron chi connectivity index (χ0n) is 10.5. The Hall–Kier alpha value is -1.46. The van der Waals surface area contributed by atoms with Crippen molar-refractivity contribution in [3.05, 3.63) is 23.9 Å². The van der Waals surface area contributed by atoms with Gasteiger partial charge in [-0.05, 0) is 18.9 Å². The van der Waals surface area contributed by atoms with Crippen molar-refractivity contribution < 1.29 is 14.6 Å². The zero-order valence-corrected chi connectivity index (χ0v) is 10.5. The minimum absolute atomic E-state index is 0.0110. The summed E-state index contributed by atoms with van der Waals surface area (Å²) in [6, 6.07) is 0. The van der Waals surface area contributed by atoms with E-state index >= 15 is 0 Å². The summed E-state index contributed by atoms with van der Waals surface area (Å²) in [6.45, 7) is 4.23. The predicted molar refractivity (Wildman–Crippen MR) is 65.6 cm³/mol. The number of carbonyl (C=O) groups is 1. The third-order valence-electron chi connectivity index (χ3n) is 3.72. The number of rotatable bonds is 1. The van der Waals surface area contributed by atoms with Gasteiger partial charge < -0.3 is 9.84 Å². The quantitative estimate of drug-likeness (QED) is 0.698. The van der Waals surface area contributed by atoms with Crippen LogP contribution in [0.15, 0.2) is 28.9 Å². The molecule has 3 aliphatic rings. The average molecular weight is 248 g/mol. The van der Waals surface area contributed by atoms with E-state index < -0.39 is 6.29 Å². The molecule has 2 fully saturated rings. The molecular formula is C13H16N2O3. The summed E-state index contributed by atoms with van der Waals surface area (Å²) < 4.78 is 5.17. The number of aliphatic hydroxyl groups excluding tert-OH is 1. The van der Waals surface area contributed by atoms with E-state index in [1.165, 1.54) is 0 Å². The van der Waals surface area contributed by atoms with Gasteiger partial charge in [0.05, 0.1) is 0 Å². The topological polar surface area (TPSA) is 65.4 Å². The highest BCUT2D eigenvalue weighted by molar-refractivity contribution is 6.09. The number of nitrogens with zero attached hydrogens (tertiary/aromatic N) is 2. The van der Waals surface area contributed by atoms with Crippen LogP contribution in [-0.4, -0.2) is 40.7 Å². The van der Waals surface area contributed by atoms with E-state index in [4.69, 9.17) is 4.74 Å². The maximum Gasteiger partial charge on any atom is 0.225 e. The van der Waals surface area contributed by atoms with Crippen molar-refractivity contribution in [2.45, 2.75) is 32.7 Å². The van der Waals surface area contributed by atoms with Crippen molar-refractivity contribution in [2.24, 2.45) is 10.4 Å². The van der Waals surface area contributed by atoms with Gasteiger partial charge in [0.1, 0.15) is 11.9 Å². The van der Waals surface area contributed by atoms with Crippen molar-refractivity contribution in [3.63, 3.8) is 0 Å². The van der Waals surface area contributed by atoms with Crippen molar-refractivity contribution >= 4 is 11.7 Å². The van der Waals surface area contributed by atoms with Gasteiger partial charge in [-0.25, -0.2) is 4.99 Å². The Balaban J connectivity index is 1.94. The van der Waals surface area contributed by atoms with Gasteiger partial charge in [-0.1, -0.05) is 12.2 Å². The molecule has 2 saturated heterocycles. The fourth-order valence-corrected chi connectivity index (χ4v) is 2.65. The Morgan fingerprint density at radius 2 is 2.39 bits per heavy atom. The van der Waals surface area contributed by atoms with Gasteiger partial charge in [-0.3, -0.25) is 9.69 Å². The second-order valence-electron chi connectivity index (χ2n) is 5.17. The lowest BCUT2D eigenvalue weighted by Crippen LogP contribution is -2.30. The first-order valence-electron chi connectivity index (χ1n) is 6.10. The smallest absolute Gasteiger partial charge is 0.225 e. The molecule has 1 N–H and O–H groups in total. The van der Waals surface area contributed by atoms with E-state index in [9.17, 15) is 9.90 Å². The lowest BCUT2D eigenvalue weighted by Gasteiger charge is -2.18. The third kappa shape index (κ3) is 1.71. The molecule has 3 atom stereocenters. The number of likely N-dealkylation sites (tertiary alicyclic amines) is 1. The van der Waals surface area contributed by atoms with Crippen LogP contribution in [0.2, 0.25) is 0 Å². The monoisotopic (exact) mass is 248 g/mol. The number of fused-ring (bicyclic) bond motifs is 1. The first-order chi connectivity index (χ1) is 8.51. The number of amidine groups is 1. The Morgan fingerprint density at radius 3 is 3.00 bits per heavy atom. The second kappa shape index (κ2) is 3.76. The number of aliphatic imine (C=N–C) groups is 1. The maximum absolute atomic E-state index is 11.5. The summed E-state index contributed by atoms with van der Waals surface area (Å²) >= 11 is 0. The molecule has 3 rings (SSSR count). The van der Waals surface area contributed by atoms with Crippen LogP contribution >= 0.6 is 0 Å². The molecule has 0 spiro atoms. The summed E-state index contributed by atoms with van der Waals surface area (Å²) in [6.07, 6.45) is 5.60. The van der Waals surface area contributed by atoms with Gasteiger partial charge in [-0.15, -0.1) is 0 Å². The maximum atomic E-state index is 11.5. The van der Waals surface area contributed by atoms with Crippen LogP contribution < -0.4 is 0 Å². The molecule has 0 aromatic heterocycles. The number of aliphatic hydroxyl groups is 1. The Bertz CT molecular complexity index is 494. The number of hydrogen-bond acceptors (Lipinski definition) is 4. The minimum Gasteiger partial charge on any atom is -0.366 e. The van der Waals surface area contributed by atoms with Crippen LogP contribution in [-0.2, 0) is 9.53 Å². The van der Waals surface area contributed by atoms with Gasteiger partial charge in [0.25, 0.3) is 0 Å². The standard InChI is InChI=1S/C13H16N2O3/c1-8(16)15-6-3-9-7-13(2,10-12(17)18-10)4-5-14-11(9)15/h4-5,7,10,12,17H,3,6H2,1-2H3. The number of hydrogen-bond donors (Lipinski definition) is 1. The Labute approximate surface area is 105 Å². The molecule has 0 aromatic carbocycles. The number of carbonyl (C=O) groups excluding carboxylic acids is 1. The zero-order chi connectivity index (χ0) is 12.9. The van der Waals surface area contributed by atoms with Crippen LogP contribution in [0.5, 0.6) is 0 Å². The first kappa shape index (κ1) is 11.6. The van der Waals surface area contributed by atoms with Crippen LogP contribution in [0.1, 0.15) is 20.3 Å². The fourth-order valence-electron chi connectivity index (χ4n) is 2.65. The van der Waals surface area contributed by atoms with Crippen molar-refractivity contribution in [2.75, 3.05) is 6.54 Å². The van der Waals surface area contributed by atoms with Gasteiger partial charge in [-0.2, -0.15) is 0 Å². The molecule has 1 amide bonds. The van der Waals surface area contributed by atoms with Crippen molar-refractivity contribution in [3.8, 4) is 0 Å². The predicted octanol–water partition coefficient (Wildman–Crippen LogP) is 0.814. The van der Waals surface area contributed by atoms with E-state index in [1.807, 2.05) is 13.0 Å². The Kier molecular flexibility index (Phi) is 2.43. The lowest BCUT2D eigenvalue weighted by atomic mass is 9.84. The minimum atomic E-state index is -0.691. The van der Waals surface area contributed by atoms with Gasteiger partial charge in [0.2, 0.25) is 5.91 Å². The van der Waals surface area contributed by atoms with E-state index in [2.05, 4.69) is 11.1 Å².